The van der Waals surface area contributed by atoms with E-state index in [0.29, 0.717) is 17.5 Å². The summed E-state index contributed by atoms with van der Waals surface area (Å²) < 4.78 is 8.72. The lowest BCUT2D eigenvalue weighted by molar-refractivity contribution is 0.669. The lowest BCUT2D eigenvalue weighted by Crippen LogP contribution is -2.29. The van der Waals surface area contributed by atoms with Gasteiger partial charge in [-0.1, -0.05) is 140 Å². The number of benzene rings is 6. The fourth-order valence-corrected chi connectivity index (χ4v) is 7.20. The summed E-state index contributed by atoms with van der Waals surface area (Å²) in [5.74, 6) is 2.75. The van der Waals surface area contributed by atoms with Crippen LogP contribution in [0.2, 0.25) is 0 Å². The number of rotatable bonds is 6. The number of imidazole rings is 1. The number of fused-ring (bicyclic) bond motifs is 4. The highest BCUT2D eigenvalue weighted by Crippen LogP contribution is 2.38. The second-order valence-corrected chi connectivity index (χ2v) is 13.0. The fourth-order valence-electron chi connectivity index (χ4n) is 7.20. The Kier molecular flexibility index (Phi) is 7.43. The summed E-state index contributed by atoms with van der Waals surface area (Å²) in [4.78, 5) is 20.3. The zero-order chi connectivity index (χ0) is 35.1. The maximum absolute atomic E-state index is 6.46. The van der Waals surface area contributed by atoms with Crippen molar-refractivity contribution in [3.05, 3.63) is 180 Å². The first-order chi connectivity index (χ1) is 26.3. The quantitative estimate of drug-likeness (QED) is 0.175. The summed E-state index contributed by atoms with van der Waals surface area (Å²) in [5, 5.41) is 3.98. The van der Waals surface area contributed by atoms with Crippen LogP contribution in [0.3, 0.4) is 0 Å². The first-order valence-electron chi connectivity index (χ1n) is 17.7. The zero-order valence-electron chi connectivity index (χ0n) is 28.6. The van der Waals surface area contributed by atoms with Crippen molar-refractivity contribution in [3.8, 4) is 51.2 Å². The Hall–Kier alpha value is -7.18. The smallest absolute Gasteiger partial charge is 0.164 e. The molecular weight excluding hydrogens is 651 g/mol. The Morgan fingerprint density at radius 3 is 1.79 bits per heavy atom. The van der Waals surface area contributed by atoms with Gasteiger partial charge < -0.3 is 4.42 Å². The number of hydrogen-bond acceptors (Lipinski definition) is 5. The normalized spacial score (nSPS) is 12.5. The third-order valence-corrected chi connectivity index (χ3v) is 9.70. The average molecular weight is 682 g/mol. The highest BCUT2D eigenvalue weighted by Gasteiger charge is 2.19. The number of hydrogen-bond donors (Lipinski definition) is 0. The van der Waals surface area contributed by atoms with Crippen LogP contribution >= 0.6 is 0 Å². The number of furan rings is 1. The molecule has 0 aliphatic heterocycles. The van der Waals surface area contributed by atoms with E-state index in [-0.39, 0.29) is 0 Å². The molecule has 1 aliphatic carbocycles. The van der Waals surface area contributed by atoms with Gasteiger partial charge in [-0.3, -0.25) is 4.57 Å². The van der Waals surface area contributed by atoms with E-state index < -0.39 is 0 Å². The molecule has 0 atom stereocenters. The van der Waals surface area contributed by atoms with Crippen molar-refractivity contribution in [1.82, 2.24) is 24.5 Å². The monoisotopic (exact) mass is 681 g/mol. The van der Waals surface area contributed by atoms with Gasteiger partial charge in [0.25, 0.3) is 0 Å². The Morgan fingerprint density at radius 2 is 1.11 bits per heavy atom. The largest absolute Gasteiger partial charge is 0.456 e. The van der Waals surface area contributed by atoms with Crippen LogP contribution in [0.15, 0.2) is 168 Å². The molecule has 6 nitrogen and oxygen atoms in total. The maximum Gasteiger partial charge on any atom is 0.164 e. The number of aromatic nitrogens is 5. The molecule has 53 heavy (non-hydrogen) atoms. The van der Waals surface area contributed by atoms with Crippen molar-refractivity contribution in [2.45, 2.75) is 6.42 Å². The molecule has 0 amide bonds. The molecule has 0 bridgehead atoms. The topological polar surface area (TPSA) is 69.6 Å². The standard InChI is InChI=1S/C47H31N5O/c1-5-15-31(16-6-1)44-49-45(32-17-7-2-8-18-32)51-46(50-44)37-24-14-26-42-43(37)38-29-35(27-28-41(38)53-42)34-21-13-25-40-39(30-34)48-47(33-19-9-3-10-20-33)52(40)36-22-11-4-12-23-36/h1-12,14-30H,13H2. The van der Waals surface area contributed by atoms with E-state index >= 15 is 0 Å². The van der Waals surface area contributed by atoms with Crippen molar-refractivity contribution in [1.29, 1.82) is 0 Å². The maximum atomic E-state index is 6.46. The van der Waals surface area contributed by atoms with Gasteiger partial charge in [-0.25, -0.2) is 19.9 Å². The molecule has 6 heteroatoms. The molecule has 0 fully saturated rings. The lowest BCUT2D eigenvalue weighted by Gasteiger charge is -2.09. The van der Waals surface area contributed by atoms with E-state index in [1.807, 2.05) is 84.9 Å². The molecule has 0 spiro atoms. The van der Waals surface area contributed by atoms with Crippen LogP contribution in [0, 0.1) is 0 Å². The Bertz CT molecular complexity index is 2890. The molecule has 0 unspecified atom stereocenters. The average Bonchev–Trinajstić information content (AvgIpc) is 3.72. The summed E-state index contributed by atoms with van der Waals surface area (Å²) in [7, 11) is 0. The minimum absolute atomic E-state index is 0.593. The first kappa shape index (κ1) is 30.6. The van der Waals surface area contributed by atoms with Crippen LogP contribution in [0.1, 0.15) is 12.0 Å². The molecule has 9 aromatic rings. The predicted molar refractivity (Wildman–Crippen MR) is 213 cm³/mol. The third-order valence-electron chi connectivity index (χ3n) is 9.70. The second kappa shape index (κ2) is 12.9. The summed E-state index contributed by atoms with van der Waals surface area (Å²) in [6.45, 7) is 0. The molecule has 250 valence electrons. The van der Waals surface area contributed by atoms with Crippen molar-refractivity contribution < 1.29 is 4.42 Å². The molecule has 0 saturated carbocycles. The number of allylic oxidation sites excluding steroid dienone is 2. The zero-order valence-corrected chi connectivity index (χ0v) is 28.6. The van der Waals surface area contributed by atoms with Crippen LogP contribution < -0.4 is 10.7 Å². The van der Waals surface area contributed by atoms with Gasteiger partial charge in [0.05, 0.1) is 10.7 Å². The van der Waals surface area contributed by atoms with Gasteiger partial charge in [0, 0.05) is 38.7 Å². The highest BCUT2D eigenvalue weighted by atomic mass is 16.3. The minimum atomic E-state index is 0.593. The molecule has 10 rings (SSSR count). The Labute approximate surface area is 305 Å². The molecule has 0 N–H and O–H groups in total. The summed E-state index contributed by atoms with van der Waals surface area (Å²) in [5.41, 5.74) is 8.66. The Morgan fingerprint density at radius 1 is 0.491 bits per heavy atom. The molecule has 0 saturated heterocycles. The minimum Gasteiger partial charge on any atom is -0.456 e. The van der Waals surface area contributed by atoms with Gasteiger partial charge in [0.15, 0.2) is 17.5 Å². The van der Waals surface area contributed by atoms with Gasteiger partial charge in [-0.05, 0) is 54.0 Å². The third kappa shape index (κ3) is 5.54. The summed E-state index contributed by atoms with van der Waals surface area (Å²) in [6.07, 6.45) is 7.51. The Balaban J connectivity index is 1.14. The van der Waals surface area contributed by atoms with Crippen LogP contribution in [-0.2, 0) is 0 Å². The second-order valence-electron chi connectivity index (χ2n) is 13.0. The molecule has 0 radical (unpaired) electrons. The predicted octanol–water partition coefficient (Wildman–Crippen LogP) is 9.67. The van der Waals surface area contributed by atoms with Crippen molar-refractivity contribution >= 4 is 39.7 Å². The molecule has 3 heterocycles. The van der Waals surface area contributed by atoms with Gasteiger partial charge in [0.1, 0.15) is 17.0 Å². The van der Waals surface area contributed by atoms with Crippen molar-refractivity contribution in [3.63, 3.8) is 0 Å². The lowest BCUT2D eigenvalue weighted by atomic mass is 9.99. The van der Waals surface area contributed by atoms with Crippen LogP contribution in [0.5, 0.6) is 0 Å². The van der Waals surface area contributed by atoms with Gasteiger partial charge >= 0.3 is 0 Å². The van der Waals surface area contributed by atoms with E-state index in [1.54, 1.807) is 0 Å². The highest BCUT2D eigenvalue weighted by molar-refractivity contribution is 6.13. The molecule has 1 aliphatic rings. The van der Waals surface area contributed by atoms with E-state index in [0.717, 1.165) is 84.0 Å². The molecule has 3 aromatic heterocycles. The van der Waals surface area contributed by atoms with Crippen molar-refractivity contribution in [2.24, 2.45) is 0 Å². The van der Waals surface area contributed by atoms with E-state index in [1.165, 1.54) is 0 Å². The first-order valence-corrected chi connectivity index (χ1v) is 17.7. The summed E-state index contributed by atoms with van der Waals surface area (Å²) in [6, 6.07) is 53.5. The van der Waals surface area contributed by atoms with Gasteiger partial charge in [-0.15, -0.1) is 0 Å². The molecule has 6 aromatic carbocycles. The van der Waals surface area contributed by atoms with Crippen LogP contribution in [0.25, 0.3) is 90.9 Å². The van der Waals surface area contributed by atoms with E-state index in [2.05, 4.69) is 95.6 Å². The van der Waals surface area contributed by atoms with E-state index in [9.17, 15) is 0 Å². The van der Waals surface area contributed by atoms with E-state index in [4.69, 9.17) is 24.4 Å². The van der Waals surface area contributed by atoms with Crippen LogP contribution in [-0.4, -0.2) is 24.5 Å². The van der Waals surface area contributed by atoms with Gasteiger partial charge in [-0.2, -0.15) is 0 Å². The fraction of sp³-hybridized carbons (Fsp3) is 0.0213. The summed E-state index contributed by atoms with van der Waals surface area (Å²) >= 11 is 0. The number of para-hydroxylation sites is 1. The SMILES string of the molecule is C1=C(c2ccc3oc4cccc(-c5nc(-c6ccccc6)nc(-c6ccccc6)n5)c4c3c2)C=c2nc(-c3ccccc3)n(-c3ccccc3)c2=CC1. The van der Waals surface area contributed by atoms with Crippen LogP contribution in [0.4, 0.5) is 0 Å². The number of nitrogens with zero attached hydrogens (tertiary/aromatic N) is 5. The van der Waals surface area contributed by atoms with Gasteiger partial charge in [0.2, 0.25) is 0 Å². The van der Waals surface area contributed by atoms with Crippen molar-refractivity contribution in [2.75, 3.05) is 0 Å². The molecular formula is C47H31N5O.